The lowest BCUT2D eigenvalue weighted by molar-refractivity contribution is 0.638. The highest BCUT2D eigenvalue weighted by Gasteiger charge is 2.14. The molecule has 0 atom stereocenters. The van der Waals surface area contributed by atoms with Crippen LogP contribution in [0.2, 0.25) is 0 Å². The molecule has 0 amide bonds. The van der Waals surface area contributed by atoms with Crippen molar-refractivity contribution in [3.05, 3.63) is 69.6 Å². The first kappa shape index (κ1) is 12.6. The van der Waals surface area contributed by atoms with E-state index in [9.17, 15) is 9.18 Å². The van der Waals surface area contributed by atoms with Gasteiger partial charge in [-0.2, -0.15) is 0 Å². The maximum Gasteiger partial charge on any atom is 0.195 e. The van der Waals surface area contributed by atoms with Crippen LogP contribution in [0.5, 0.6) is 0 Å². The van der Waals surface area contributed by atoms with Crippen LogP contribution in [0.15, 0.2) is 47.3 Å². The summed E-state index contributed by atoms with van der Waals surface area (Å²) in [6.07, 6.45) is 0. The Balaban J connectivity index is 2.46. The average molecular weight is 267 g/mol. The molecule has 0 fully saturated rings. The molecule has 0 aliphatic heterocycles. The Morgan fingerprint density at radius 2 is 1.70 bits per heavy atom. The van der Waals surface area contributed by atoms with Crippen molar-refractivity contribution in [2.75, 3.05) is 0 Å². The number of fused-ring (bicyclic) bond motifs is 1. The minimum atomic E-state index is -0.477. The maximum absolute atomic E-state index is 13.9. The van der Waals surface area contributed by atoms with Crippen molar-refractivity contribution >= 4 is 10.9 Å². The molecular weight excluding hydrogens is 253 g/mol. The number of aryl methyl sites for hydroxylation is 1. The van der Waals surface area contributed by atoms with Crippen molar-refractivity contribution in [2.24, 2.45) is 0 Å². The van der Waals surface area contributed by atoms with Crippen molar-refractivity contribution in [1.29, 1.82) is 0 Å². The predicted molar refractivity (Wildman–Crippen MR) is 79.4 cm³/mol. The van der Waals surface area contributed by atoms with E-state index in [0.29, 0.717) is 11.1 Å². The Morgan fingerprint density at radius 3 is 2.40 bits per heavy atom. The molecule has 1 N–H and O–H groups in total. The van der Waals surface area contributed by atoms with Crippen molar-refractivity contribution in [3.8, 4) is 11.3 Å². The third kappa shape index (κ3) is 1.83. The van der Waals surface area contributed by atoms with Crippen LogP contribution in [0, 0.1) is 19.7 Å². The summed E-state index contributed by atoms with van der Waals surface area (Å²) in [5.74, 6) is -0.477. The summed E-state index contributed by atoms with van der Waals surface area (Å²) in [5.41, 5.74) is 3.38. The number of nitrogens with one attached hydrogen (secondary N) is 1. The summed E-state index contributed by atoms with van der Waals surface area (Å²) >= 11 is 0. The van der Waals surface area contributed by atoms with Gasteiger partial charge in [-0.3, -0.25) is 4.79 Å². The lowest BCUT2D eigenvalue weighted by atomic mass is 10.0. The van der Waals surface area contributed by atoms with E-state index in [0.717, 1.165) is 16.8 Å². The molecule has 0 aliphatic rings. The number of pyridine rings is 1. The average Bonchev–Trinajstić information content (AvgIpc) is 2.47. The van der Waals surface area contributed by atoms with Gasteiger partial charge in [0.25, 0.3) is 0 Å². The summed E-state index contributed by atoms with van der Waals surface area (Å²) in [5, 5.41) is 0.141. The lowest BCUT2D eigenvalue weighted by Gasteiger charge is -2.10. The molecule has 0 bridgehead atoms. The SMILES string of the molecule is Cc1c(-c2ccccc2)[nH]c2c(C)ccc(F)c2c1=O. The first-order valence-electron chi connectivity index (χ1n) is 6.46. The Hall–Kier alpha value is -2.42. The van der Waals surface area contributed by atoms with Gasteiger partial charge in [0, 0.05) is 5.56 Å². The molecule has 0 aliphatic carbocycles. The molecule has 0 spiro atoms. The van der Waals surface area contributed by atoms with Crippen LogP contribution in [0.25, 0.3) is 22.2 Å². The van der Waals surface area contributed by atoms with Gasteiger partial charge in [0.05, 0.1) is 16.6 Å². The highest BCUT2D eigenvalue weighted by atomic mass is 19.1. The number of halogens is 1. The fourth-order valence-electron chi connectivity index (χ4n) is 2.48. The second kappa shape index (κ2) is 4.60. The minimum Gasteiger partial charge on any atom is -0.354 e. The van der Waals surface area contributed by atoms with Crippen LogP contribution in [-0.2, 0) is 0 Å². The first-order valence-corrected chi connectivity index (χ1v) is 6.46. The van der Waals surface area contributed by atoms with Crippen LogP contribution in [-0.4, -0.2) is 4.98 Å². The van der Waals surface area contributed by atoms with Crippen LogP contribution in [0.1, 0.15) is 11.1 Å². The van der Waals surface area contributed by atoms with Crippen LogP contribution in [0.4, 0.5) is 4.39 Å². The molecule has 20 heavy (non-hydrogen) atoms. The number of aromatic nitrogens is 1. The molecule has 3 rings (SSSR count). The van der Waals surface area contributed by atoms with Gasteiger partial charge in [0.2, 0.25) is 0 Å². The van der Waals surface area contributed by atoms with Crippen LogP contribution in [0.3, 0.4) is 0 Å². The number of benzene rings is 2. The maximum atomic E-state index is 13.9. The Kier molecular flexibility index (Phi) is 2.90. The van der Waals surface area contributed by atoms with Gasteiger partial charge in [-0.25, -0.2) is 4.39 Å². The Bertz CT molecular complexity index is 850. The first-order chi connectivity index (χ1) is 9.59. The standard InChI is InChI=1S/C17H14FNO/c1-10-8-9-13(18)14-15(10)19-16(11(2)17(14)20)12-6-4-3-5-7-12/h3-9H,1-2H3,(H,19,20). The van der Waals surface area contributed by atoms with Gasteiger partial charge in [0.1, 0.15) is 5.82 Å². The number of aromatic amines is 1. The lowest BCUT2D eigenvalue weighted by Crippen LogP contribution is -2.11. The summed E-state index contributed by atoms with van der Waals surface area (Å²) in [4.78, 5) is 15.7. The molecule has 100 valence electrons. The Labute approximate surface area is 115 Å². The minimum absolute atomic E-state index is 0.141. The molecule has 3 heteroatoms. The third-order valence-electron chi connectivity index (χ3n) is 3.62. The summed E-state index contributed by atoms with van der Waals surface area (Å²) < 4.78 is 13.9. The zero-order valence-electron chi connectivity index (χ0n) is 11.3. The molecule has 1 heterocycles. The van der Waals surface area contributed by atoms with E-state index >= 15 is 0 Å². The molecule has 0 unspecified atom stereocenters. The number of rotatable bonds is 1. The number of hydrogen-bond donors (Lipinski definition) is 1. The van der Waals surface area contributed by atoms with Crippen LogP contribution < -0.4 is 5.43 Å². The van der Waals surface area contributed by atoms with E-state index in [1.165, 1.54) is 6.07 Å². The van der Waals surface area contributed by atoms with Crippen molar-refractivity contribution in [1.82, 2.24) is 4.98 Å². The normalized spacial score (nSPS) is 10.9. The zero-order valence-corrected chi connectivity index (χ0v) is 11.3. The zero-order chi connectivity index (χ0) is 14.3. The summed E-state index contributed by atoms with van der Waals surface area (Å²) in [6.45, 7) is 3.59. The fraction of sp³-hybridized carbons (Fsp3) is 0.118. The van der Waals surface area contributed by atoms with Gasteiger partial charge in [0.15, 0.2) is 5.43 Å². The molecule has 2 aromatic carbocycles. The quantitative estimate of drug-likeness (QED) is 0.711. The second-order valence-corrected chi connectivity index (χ2v) is 4.93. The van der Waals surface area contributed by atoms with E-state index in [4.69, 9.17) is 0 Å². The fourth-order valence-corrected chi connectivity index (χ4v) is 2.48. The molecule has 0 saturated carbocycles. The van der Waals surface area contributed by atoms with Crippen molar-refractivity contribution < 1.29 is 4.39 Å². The number of H-pyrrole nitrogens is 1. The van der Waals surface area contributed by atoms with E-state index in [1.807, 2.05) is 37.3 Å². The molecule has 1 aromatic heterocycles. The van der Waals surface area contributed by atoms with Gasteiger partial charge in [-0.05, 0) is 31.0 Å². The monoisotopic (exact) mass is 267 g/mol. The van der Waals surface area contributed by atoms with Crippen LogP contribution >= 0.6 is 0 Å². The van der Waals surface area contributed by atoms with E-state index in [-0.39, 0.29) is 10.8 Å². The molecule has 0 saturated heterocycles. The molecule has 2 nitrogen and oxygen atoms in total. The summed E-state index contributed by atoms with van der Waals surface area (Å²) in [7, 11) is 0. The van der Waals surface area contributed by atoms with E-state index in [1.54, 1.807) is 13.0 Å². The molecular formula is C17H14FNO. The molecule has 0 radical (unpaired) electrons. The summed E-state index contributed by atoms with van der Waals surface area (Å²) in [6, 6.07) is 12.6. The topological polar surface area (TPSA) is 32.9 Å². The molecule has 3 aromatic rings. The highest BCUT2D eigenvalue weighted by Crippen LogP contribution is 2.24. The number of hydrogen-bond acceptors (Lipinski definition) is 1. The van der Waals surface area contributed by atoms with E-state index < -0.39 is 5.82 Å². The van der Waals surface area contributed by atoms with Gasteiger partial charge in [-0.1, -0.05) is 36.4 Å². The predicted octanol–water partition coefficient (Wildman–Crippen LogP) is 3.95. The van der Waals surface area contributed by atoms with E-state index in [2.05, 4.69) is 4.98 Å². The van der Waals surface area contributed by atoms with Gasteiger partial charge in [-0.15, -0.1) is 0 Å². The van der Waals surface area contributed by atoms with Gasteiger partial charge >= 0.3 is 0 Å². The third-order valence-corrected chi connectivity index (χ3v) is 3.62. The highest BCUT2D eigenvalue weighted by molar-refractivity contribution is 5.86. The van der Waals surface area contributed by atoms with Gasteiger partial charge < -0.3 is 4.98 Å². The van der Waals surface area contributed by atoms with Crippen molar-refractivity contribution in [2.45, 2.75) is 13.8 Å². The second-order valence-electron chi connectivity index (χ2n) is 4.93. The Morgan fingerprint density at radius 1 is 1.00 bits per heavy atom. The smallest absolute Gasteiger partial charge is 0.195 e. The van der Waals surface area contributed by atoms with Crippen molar-refractivity contribution in [3.63, 3.8) is 0 Å². The largest absolute Gasteiger partial charge is 0.354 e.